The maximum Gasteiger partial charge on any atom is 0.144 e. The van der Waals surface area contributed by atoms with E-state index in [2.05, 4.69) is 39.6 Å². The Morgan fingerprint density at radius 3 is 2.35 bits per heavy atom. The molecule has 1 aromatic rings. The van der Waals surface area contributed by atoms with E-state index < -0.39 is 11.4 Å². The molecule has 3 nitrogen and oxygen atoms in total. The summed E-state index contributed by atoms with van der Waals surface area (Å²) in [5.74, 6) is 1.88. The normalized spacial score (nSPS) is 30.0. The van der Waals surface area contributed by atoms with Crippen molar-refractivity contribution in [3.05, 3.63) is 35.9 Å². The number of hydrogen-bond donors (Lipinski definition) is 0. The Kier molecular flexibility index (Phi) is 5.14. The van der Waals surface area contributed by atoms with Crippen molar-refractivity contribution in [3.8, 4) is 0 Å². The Labute approximate surface area is 143 Å². The molecule has 2 bridgehead atoms. The van der Waals surface area contributed by atoms with E-state index in [9.17, 15) is 4.55 Å². The van der Waals surface area contributed by atoms with Gasteiger partial charge in [-0.1, -0.05) is 34.7 Å². The quantitative estimate of drug-likeness (QED) is 0.623. The zero-order valence-corrected chi connectivity index (χ0v) is 15.3. The van der Waals surface area contributed by atoms with E-state index in [1.807, 2.05) is 27.0 Å². The van der Waals surface area contributed by atoms with Crippen LogP contribution in [0, 0.1) is 17.8 Å². The first kappa shape index (κ1) is 17.0. The van der Waals surface area contributed by atoms with E-state index in [0.29, 0.717) is 17.8 Å². The molecule has 0 amide bonds. The molecule has 3 rings (SSSR count). The average molecular weight is 333 g/mol. The minimum Gasteiger partial charge on any atom is -0.591 e. The summed E-state index contributed by atoms with van der Waals surface area (Å²) in [5, 5.41) is 0. The lowest BCUT2D eigenvalue weighted by Crippen LogP contribution is -2.42. The largest absolute Gasteiger partial charge is 0.591 e. The summed E-state index contributed by atoms with van der Waals surface area (Å²) < 4.78 is 16.3. The first-order chi connectivity index (χ1) is 10.9. The molecule has 4 atom stereocenters. The summed E-state index contributed by atoms with van der Waals surface area (Å²) in [6.07, 6.45) is 4.60. The van der Waals surface area contributed by atoms with Crippen molar-refractivity contribution in [1.82, 2.24) is 4.90 Å². The van der Waals surface area contributed by atoms with Crippen LogP contribution in [0.1, 0.15) is 39.2 Å². The zero-order chi connectivity index (χ0) is 16.4. The molecule has 0 spiro atoms. The van der Waals surface area contributed by atoms with Gasteiger partial charge in [-0.15, -0.1) is 0 Å². The van der Waals surface area contributed by atoms with Crippen molar-refractivity contribution < 1.29 is 4.55 Å². The average Bonchev–Trinajstić information content (AvgIpc) is 2.74. The number of hydrogen-bond acceptors (Lipinski definition) is 3. The van der Waals surface area contributed by atoms with Crippen LogP contribution in [-0.4, -0.2) is 33.5 Å². The van der Waals surface area contributed by atoms with Crippen LogP contribution >= 0.6 is 0 Å². The third-order valence-corrected chi connectivity index (χ3v) is 6.44. The number of benzene rings is 1. The molecule has 0 radical (unpaired) electrons. The molecule has 4 heteroatoms. The summed E-state index contributed by atoms with van der Waals surface area (Å²) >= 11 is -1.13. The summed E-state index contributed by atoms with van der Waals surface area (Å²) in [6, 6.07) is 10.7. The van der Waals surface area contributed by atoms with Gasteiger partial charge in [-0.05, 0) is 51.0 Å². The number of piperidine rings is 1. The van der Waals surface area contributed by atoms with Crippen molar-refractivity contribution in [2.45, 2.75) is 44.9 Å². The third-order valence-electron chi connectivity index (χ3n) is 5.08. The molecule has 126 valence electrons. The van der Waals surface area contributed by atoms with Crippen LogP contribution < -0.4 is 0 Å². The second-order valence-corrected chi connectivity index (χ2v) is 9.90. The summed E-state index contributed by atoms with van der Waals surface area (Å²) in [4.78, 5) is 2.59. The number of nitrogens with zero attached hydrogens (tertiary/aromatic N) is 2. The first-order valence-electron chi connectivity index (χ1n) is 8.66. The molecule has 1 heterocycles. The predicted molar refractivity (Wildman–Crippen MR) is 97.8 cm³/mol. The first-order valence-corrected chi connectivity index (χ1v) is 9.76. The van der Waals surface area contributed by atoms with Gasteiger partial charge in [0, 0.05) is 25.6 Å². The maximum atomic E-state index is 12.1. The van der Waals surface area contributed by atoms with E-state index in [0.717, 1.165) is 19.6 Å². The fraction of sp³-hybridized carbons (Fsp3) is 0.632. The molecule has 2 fully saturated rings. The Morgan fingerprint density at radius 1 is 1.17 bits per heavy atom. The Hall–Kier alpha value is -0.840. The van der Waals surface area contributed by atoms with Crippen LogP contribution in [0.3, 0.4) is 0 Å². The van der Waals surface area contributed by atoms with E-state index >= 15 is 0 Å². The number of likely N-dealkylation sites (tertiary alicyclic amines) is 1. The maximum absolute atomic E-state index is 12.1. The molecule has 1 saturated carbocycles. The van der Waals surface area contributed by atoms with E-state index in [1.54, 1.807) is 0 Å². The molecule has 1 unspecified atom stereocenters. The van der Waals surface area contributed by atoms with Gasteiger partial charge in [-0.25, -0.2) is 0 Å². The molecular formula is C19H28N2OS. The molecule has 1 saturated heterocycles. The number of rotatable bonds is 4. The Balaban J connectivity index is 1.60. The minimum atomic E-state index is -1.13. The van der Waals surface area contributed by atoms with Crippen LogP contribution in [0.15, 0.2) is 34.7 Å². The highest BCUT2D eigenvalue weighted by Crippen LogP contribution is 2.41. The zero-order valence-electron chi connectivity index (χ0n) is 14.4. The third kappa shape index (κ3) is 4.17. The molecule has 1 aliphatic heterocycles. The van der Waals surface area contributed by atoms with E-state index in [-0.39, 0.29) is 4.75 Å². The van der Waals surface area contributed by atoms with Gasteiger partial charge in [0.05, 0.1) is 6.21 Å². The fourth-order valence-corrected chi connectivity index (χ4v) is 4.43. The predicted octanol–water partition coefficient (Wildman–Crippen LogP) is 3.68. The van der Waals surface area contributed by atoms with Gasteiger partial charge in [-0.3, -0.25) is 4.90 Å². The molecule has 1 aliphatic carbocycles. The summed E-state index contributed by atoms with van der Waals surface area (Å²) in [5.41, 5.74) is 1.40. The molecule has 0 aromatic heterocycles. The van der Waals surface area contributed by atoms with Crippen molar-refractivity contribution in [2.24, 2.45) is 22.2 Å². The van der Waals surface area contributed by atoms with Crippen molar-refractivity contribution in [1.29, 1.82) is 0 Å². The second-order valence-electron chi connectivity index (χ2n) is 7.97. The van der Waals surface area contributed by atoms with Gasteiger partial charge in [0.2, 0.25) is 0 Å². The van der Waals surface area contributed by atoms with Gasteiger partial charge < -0.3 is 4.55 Å². The van der Waals surface area contributed by atoms with Crippen molar-refractivity contribution in [2.75, 3.05) is 13.1 Å². The van der Waals surface area contributed by atoms with Crippen LogP contribution in [0.5, 0.6) is 0 Å². The van der Waals surface area contributed by atoms with E-state index in [4.69, 9.17) is 0 Å². The molecule has 23 heavy (non-hydrogen) atoms. The van der Waals surface area contributed by atoms with E-state index in [1.165, 1.54) is 18.4 Å². The molecule has 2 aliphatic rings. The lowest BCUT2D eigenvalue weighted by Gasteiger charge is -2.36. The van der Waals surface area contributed by atoms with Crippen LogP contribution in [0.4, 0.5) is 0 Å². The molecule has 1 aromatic carbocycles. The van der Waals surface area contributed by atoms with Crippen LogP contribution in [0.25, 0.3) is 0 Å². The Bertz CT molecular complexity index is 526. The highest BCUT2D eigenvalue weighted by atomic mass is 32.2. The second kappa shape index (κ2) is 6.96. The van der Waals surface area contributed by atoms with Gasteiger partial charge in [-0.2, -0.15) is 0 Å². The van der Waals surface area contributed by atoms with Crippen LogP contribution in [0.2, 0.25) is 0 Å². The summed E-state index contributed by atoms with van der Waals surface area (Å²) in [7, 11) is 0. The monoisotopic (exact) mass is 332 g/mol. The van der Waals surface area contributed by atoms with Crippen molar-refractivity contribution >= 4 is 17.6 Å². The number of fused-ring (bicyclic) bond motifs is 2. The molecular weight excluding hydrogens is 304 g/mol. The fourth-order valence-electron chi connectivity index (χ4n) is 3.86. The summed E-state index contributed by atoms with van der Waals surface area (Å²) in [6.45, 7) is 9.28. The lowest BCUT2D eigenvalue weighted by atomic mass is 9.86. The van der Waals surface area contributed by atoms with Gasteiger partial charge in [0.15, 0.2) is 0 Å². The van der Waals surface area contributed by atoms with Crippen LogP contribution in [-0.2, 0) is 17.9 Å². The Morgan fingerprint density at radius 2 is 1.78 bits per heavy atom. The highest BCUT2D eigenvalue weighted by molar-refractivity contribution is 7.91. The standard InChI is InChI=1S/C19H28N2OS/c1-19(2,3)23(22)20-11-18-16-9-10-17(18)14-21(13-16)12-15-7-5-4-6-8-15/h4-8,11,16-18H,9-10,12-14H2,1-3H3/t16-,17+,18?,23-/m1/s1. The topological polar surface area (TPSA) is 38.7 Å². The smallest absolute Gasteiger partial charge is 0.144 e. The van der Waals surface area contributed by atoms with Gasteiger partial charge in [0.1, 0.15) is 16.1 Å². The minimum absolute atomic E-state index is 0.260. The lowest BCUT2D eigenvalue weighted by molar-refractivity contribution is 0.136. The molecule has 0 N–H and O–H groups in total. The van der Waals surface area contributed by atoms with Gasteiger partial charge in [0.25, 0.3) is 0 Å². The van der Waals surface area contributed by atoms with Gasteiger partial charge >= 0.3 is 0 Å². The highest BCUT2D eigenvalue weighted by Gasteiger charge is 2.41. The SMILES string of the molecule is CC(C)(C)[S@@+]([O-])N=CC1[C@@H]2CC[C@H]1CN(Cc1ccccc1)C2. The van der Waals surface area contributed by atoms with Crippen molar-refractivity contribution in [3.63, 3.8) is 0 Å².